The Kier molecular flexibility index (Phi) is 2.86. The van der Waals surface area contributed by atoms with Gasteiger partial charge in [-0.05, 0) is 12.5 Å². The van der Waals surface area contributed by atoms with Crippen molar-refractivity contribution in [2.75, 3.05) is 6.54 Å². The van der Waals surface area contributed by atoms with Crippen LogP contribution in [-0.2, 0) is 9.59 Å². The Hall–Kier alpha value is -1.12. The van der Waals surface area contributed by atoms with E-state index in [2.05, 4.69) is 6.58 Å². The molecular weight excluding hydrogens is 166 g/mol. The van der Waals surface area contributed by atoms with Crippen LogP contribution in [0.1, 0.15) is 20.3 Å². The average molecular weight is 181 g/mol. The molecule has 1 aliphatic rings. The van der Waals surface area contributed by atoms with Crippen molar-refractivity contribution in [2.24, 2.45) is 5.92 Å². The van der Waals surface area contributed by atoms with E-state index in [1.54, 1.807) is 4.90 Å². The van der Waals surface area contributed by atoms with Crippen LogP contribution in [0.2, 0.25) is 0 Å². The zero-order chi connectivity index (χ0) is 10.0. The summed E-state index contributed by atoms with van der Waals surface area (Å²) in [5, 5.41) is 0. The molecule has 1 aliphatic heterocycles. The highest BCUT2D eigenvalue weighted by molar-refractivity contribution is 5.95. The fraction of sp³-hybridized carbons (Fsp3) is 0.600. The number of hydrogen-bond acceptors (Lipinski definition) is 2. The minimum absolute atomic E-state index is 0.00501. The van der Waals surface area contributed by atoms with Crippen molar-refractivity contribution in [2.45, 2.75) is 26.3 Å². The van der Waals surface area contributed by atoms with Gasteiger partial charge in [-0.1, -0.05) is 20.4 Å². The second kappa shape index (κ2) is 3.73. The maximum absolute atomic E-state index is 11.5. The summed E-state index contributed by atoms with van der Waals surface area (Å²) in [5.74, 6) is 0.0251. The van der Waals surface area contributed by atoms with Gasteiger partial charge in [0, 0.05) is 12.5 Å². The molecule has 0 aromatic heterocycles. The average Bonchev–Trinajstić information content (AvgIpc) is 2.01. The lowest BCUT2D eigenvalue weighted by atomic mass is 9.92. The van der Waals surface area contributed by atoms with Crippen LogP contribution in [0.15, 0.2) is 12.7 Å². The Bertz CT molecular complexity index is 245. The number of Topliss-reactive ketones (excluding diaryl/α,β-unsaturated/α-hetero) is 1. The smallest absolute Gasteiger partial charge is 0.246 e. The standard InChI is InChI=1S/C10H15NO2/c1-4-9(12)11-6-5-8(11)10(13)7(2)3/h4,7-8H,1,5-6H2,2-3H3. The van der Waals surface area contributed by atoms with Gasteiger partial charge in [-0.2, -0.15) is 0 Å². The highest BCUT2D eigenvalue weighted by Crippen LogP contribution is 2.21. The second-order valence-corrected chi connectivity index (χ2v) is 3.60. The monoisotopic (exact) mass is 181 g/mol. The zero-order valence-corrected chi connectivity index (χ0v) is 8.12. The molecule has 3 heteroatoms. The normalized spacial score (nSPS) is 21.2. The Morgan fingerprint density at radius 3 is 2.46 bits per heavy atom. The predicted octanol–water partition coefficient (Wildman–Crippen LogP) is 0.998. The SMILES string of the molecule is C=CC(=O)N1CCC1C(=O)C(C)C. The summed E-state index contributed by atoms with van der Waals surface area (Å²) in [7, 11) is 0. The Balaban J connectivity index is 2.59. The third-order valence-electron chi connectivity index (χ3n) is 2.37. The van der Waals surface area contributed by atoms with Gasteiger partial charge in [-0.25, -0.2) is 0 Å². The predicted molar refractivity (Wildman–Crippen MR) is 50.2 cm³/mol. The molecule has 72 valence electrons. The van der Waals surface area contributed by atoms with Gasteiger partial charge >= 0.3 is 0 Å². The van der Waals surface area contributed by atoms with Crippen molar-refractivity contribution in [3.05, 3.63) is 12.7 Å². The lowest BCUT2D eigenvalue weighted by Crippen LogP contribution is -2.55. The number of amides is 1. The van der Waals surface area contributed by atoms with Crippen molar-refractivity contribution in [1.82, 2.24) is 4.90 Å². The van der Waals surface area contributed by atoms with Crippen LogP contribution in [0.4, 0.5) is 0 Å². The summed E-state index contributed by atoms with van der Waals surface area (Å²) in [6.45, 7) is 7.80. The third-order valence-corrected chi connectivity index (χ3v) is 2.37. The summed E-state index contributed by atoms with van der Waals surface area (Å²) in [4.78, 5) is 24.3. The fourth-order valence-electron chi connectivity index (χ4n) is 1.45. The van der Waals surface area contributed by atoms with Gasteiger partial charge in [0.25, 0.3) is 0 Å². The Morgan fingerprint density at radius 1 is 1.54 bits per heavy atom. The van der Waals surface area contributed by atoms with Crippen LogP contribution >= 0.6 is 0 Å². The maximum Gasteiger partial charge on any atom is 0.246 e. The number of ketones is 1. The molecule has 0 radical (unpaired) electrons. The van der Waals surface area contributed by atoms with E-state index in [1.807, 2.05) is 13.8 Å². The number of likely N-dealkylation sites (tertiary alicyclic amines) is 1. The van der Waals surface area contributed by atoms with Gasteiger partial charge in [-0.3, -0.25) is 9.59 Å². The van der Waals surface area contributed by atoms with Gasteiger partial charge in [0.2, 0.25) is 5.91 Å². The minimum atomic E-state index is -0.189. The summed E-state index contributed by atoms with van der Waals surface area (Å²) in [6.07, 6.45) is 2.07. The van der Waals surface area contributed by atoms with Crippen LogP contribution in [0.5, 0.6) is 0 Å². The molecular formula is C10H15NO2. The molecule has 0 saturated carbocycles. The lowest BCUT2D eigenvalue weighted by molar-refractivity contribution is -0.144. The Morgan fingerprint density at radius 2 is 2.15 bits per heavy atom. The van der Waals surface area contributed by atoms with E-state index in [9.17, 15) is 9.59 Å². The number of hydrogen-bond donors (Lipinski definition) is 0. The first-order valence-electron chi connectivity index (χ1n) is 4.54. The van der Waals surface area contributed by atoms with Crippen molar-refractivity contribution in [3.63, 3.8) is 0 Å². The molecule has 1 amide bonds. The third kappa shape index (κ3) is 1.79. The molecule has 1 unspecified atom stereocenters. The van der Waals surface area contributed by atoms with E-state index in [0.29, 0.717) is 6.54 Å². The quantitative estimate of drug-likeness (QED) is 0.609. The summed E-state index contributed by atoms with van der Waals surface area (Å²) in [5.41, 5.74) is 0. The van der Waals surface area contributed by atoms with E-state index in [-0.39, 0.29) is 23.7 Å². The van der Waals surface area contributed by atoms with Gasteiger partial charge in [0.1, 0.15) is 0 Å². The van der Waals surface area contributed by atoms with Crippen molar-refractivity contribution >= 4 is 11.7 Å². The summed E-state index contributed by atoms with van der Waals surface area (Å²) >= 11 is 0. The first kappa shape index (κ1) is 9.96. The zero-order valence-electron chi connectivity index (χ0n) is 8.12. The number of carbonyl (C=O) groups excluding carboxylic acids is 2. The molecule has 3 nitrogen and oxygen atoms in total. The van der Waals surface area contributed by atoms with E-state index < -0.39 is 0 Å². The number of nitrogens with zero attached hydrogens (tertiary/aromatic N) is 1. The molecule has 0 aromatic rings. The fourth-order valence-corrected chi connectivity index (χ4v) is 1.45. The van der Waals surface area contributed by atoms with Crippen molar-refractivity contribution in [3.8, 4) is 0 Å². The van der Waals surface area contributed by atoms with Gasteiger partial charge in [-0.15, -0.1) is 0 Å². The molecule has 0 aromatic carbocycles. The lowest BCUT2D eigenvalue weighted by Gasteiger charge is -2.40. The maximum atomic E-state index is 11.5. The van der Waals surface area contributed by atoms with E-state index in [4.69, 9.17) is 0 Å². The van der Waals surface area contributed by atoms with Crippen LogP contribution in [0.25, 0.3) is 0 Å². The molecule has 1 saturated heterocycles. The molecule has 0 bridgehead atoms. The molecule has 1 atom stereocenters. The topological polar surface area (TPSA) is 37.4 Å². The molecule has 0 aliphatic carbocycles. The molecule has 1 heterocycles. The highest BCUT2D eigenvalue weighted by Gasteiger charge is 2.36. The first-order valence-corrected chi connectivity index (χ1v) is 4.54. The number of rotatable bonds is 3. The number of carbonyl (C=O) groups is 2. The van der Waals surface area contributed by atoms with E-state index in [1.165, 1.54) is 6.08 Å². The largest absolute Gasteiger partial charge is 0.329 e. The molecule has 0 N–H and O–H groups in total. The van der Waals surface area contributed by atoms with Crippen LogP contribution in [-0.4, -0.2) is 29.2 Å². The summed E-state index contributed by atoms with van der Waals surface area (Å²) < 4.78 is 0. The van der Waals surface area contributed by atoms with Gasteiger partial charge < -0.3 is 4.90 Å². The molecule has 1 fully saturated rings. The Labute approximate surface area is 78.4 Å². The second-order valence-electron chi connectivity index (χ2n) is 3.60. The first-order chi connectivity index (χ1) is 6.07. The molecule has 0 spiro atoms. The molecule has 13 heavy (non-hydrogen) atoms. The van der Waals surface area contributed by atoms with Crippen molar-refractivity contribution < 1.29 is 9.59 Å². The van der Waals surface area contributed by atoms with Gasteiger partial charge in [0.15, 0.2) is 5.78 Å². The highest BCUT2D eigenvalue weighted by atomic mass is 16.2. The summed E-state index contributed by atoms with van der Waals surface area (Å²) in [6, 6.07) is -0.189. The van der Waals surface area contributed by atoms with Gasteiger partial charge in [0.05, 0.1) is 6.04 Å². The van der Waals surface area contributed by atoms with Crippen LogP contribution in [0.3, 0.4) is 0 Å². The van der Waals surface area contributed by atoms with Crippen LogP contribution in [0, 0.1) is 5.92 Å². The minimum Gasteiger partial charge on any atom is -0.329 e. The van der Waals surface area contributed by atoms with E-state index >= 15 is 0 Å². The molecule has 1 rings (SSSR count). The van der Waals surface area contributed by atoms with E-state index in [0.717, 1.165) is 6.42 Å². The van der Waals surface area contributed by atoms with Crippen LogP contribution < -0.4 is 0 Å². The van der Waals surface area contributed by atoms with Crippen molar-refractivity contribution in [1.29, 1.82) is 0 Å².